The van der Waals surface area contributed by atoms with Gasteiger partial charge in [0.25, 0.3) is 0 Å². The number of thiazole rings is 1. The molecule has 3 aromatic rings. The lowest BCUT2D eigenvalue weighted by Gasteiger charge is -2.09. The minimum Gasteiger partial charge on any atom is -0.493 e. The Morgan fingerprint density at radius 3 is 2.74 bits per heavy atom. The monoisotopic (exact) mass is 275 g/mol. The minimum atomic E-state index is 0.487. The van der Waals surface area contributed by atoms with Crippen LogP contribution < -0.4 is 15.2 Å². The number of nitrogens with two attached hydrogens (primary N) is 1. The van der Waals surface area contributed by atoms with Crippen LogP contribution in [0.15, 0.2) is 29.8 Å². The highest BCUT2D eigenvalue weighted by Gasteiger charge is 2.12. The molecule has 0 bridgehead atoms. The second-order valence-corrected chi connectivity index (χ2v) is 4.87. The Hall–Kier alpha value is -2.21. The van der Waals surface area contributed by atoms with Gasteiger partial charge in [-0.1, -0.05) is 0 Å². The molecule has 0 saturated heterocycles. The van der Waals surface area contributed by atoms with Crippen LogP contribution in [0.4, 0.5) is 5.95 Å². The van der Waals surface area contributed by atoms with E-state index in [2.05, 4.69) is 10.4 Å². The number of ether oxygens (including phenoxy) is 2. The molecular weight excluding hydrogens is 262 g/mol. The Morgan fingerprint density at radius 1 is 1.21 bits per heavy atom. The van der Waals surface area contributed by atoms with E-state index in [9.17, 15) is 0 Å². The first kappa shape index (κ1) is 11.9. The van der Waals surface area contributed by atoms with E-state index < -0.39 is 0 Å². The molecule has 2 N–H and O–H groups in total. The van der Waals surface area contributed by atoms with E-state index >= 15 is 0 Å². The van der Waals surface area contributed by atoms with E-state index in [0.29, 0.717) is 17.4 Å². The van der Waals surface area contributed by atoms with E-state index in [1.807, 2.05) is 22.6 Å². The summed E-state index contributed by atoms with van der Waals surface area (Å²) in [5, 5.41) is 2.05. The molecule has 5 nitrogen and oxygen atoms in total. The van der Waals surface area contributed by atoms with Gasteiger partial charge in [-0.15, -0.1) is 11.3 Å². The maximum absolute atomic E-state index is 5.89. The molecule has 0 fully saturated rings. The number of methoxy groups -OCH3 is 2. The standard InChI is InChI=1S/C13H13N3O2S/c1-17-10-4-3-8(5-11(10)18-2)9-7-19-12-6-15-13(14)16(9)12/h3-7H,1-2H3,(H2,14,15). The third kappa shape index (κ3) is 1.80. The minimum absolute atomic E-state index is 0.487. The summed E-state index contributed by atoms with van der Waals surface area (Å²) < 4.78 is 12.5. The average molecular weight is 275 g/mol. The zero-order valence-electron chi connectivity index (χ0n) is 10.6. The molecule has 0 aliphatic carbocycles. The Bertz CT molecular complexity index is 733. The van der Waals surface area contributed by atoms with Crippen molar-refractivity contribution in [3.8, 4) is 22.8 Å². The molecular formula is C13H13N3O2S. The van der Waals surface area contributed by atoms with Crippen molar-refractivity contribution in [3.63, 3.8) is 0 Å². The lowest BCUT2D eigenvalue weighted by molar-refractivity contribution is 0.355. The molecule has 19 heavy (non-hydrogen) atoms. The summed E-state index contributed by atoms with van der Waals surface area (Å²) in [5.74, 6) is 1.88. The van der Waals surface area contributed by atoms with Gasteiger partial charge in [-0.25, -0.2) is 4.98 Å². The summed E-state index contributed by atoms with van der Waals surface area (Å²) in [6, 6.07) is 5.78. The van der Waals surface area contributed by atoms with Crippen LogP contribution in [0.3, 0.4) is 0 Å². The number of nitrogen functional groups attached to an aromatic ring is 1. The molecule has 0 spiro atoms. The van der Waals surface area contributed by atoms with Crippen LogP contribution >= 0.6 is 11.3 Å². The molecule has 0 aliphatic rings. The predicted octanol–water partition coefficient (Wildman–Crippen LogP) is 2.66. The molecule has 0 unspecified atom stereocenters. The van der Waals surface area contributed by atoms with E-state index in [-0.39, 0.29) is 0 Å². The van der Waals surface area contributed by atoms with Gasteiger partial charge < -0.3 is 15.2 Å². The number of rotatable bonds is 3. The van der Waals surface area contributed by atoms with Crippen molar-refractivity contribution in [2.24, 2.45) is 0 Å². The normalized spacial score (nSPS) is 10.8. The van der Waals surface area contributed by atoms with Gasteiger partial charge in [0, 0.05) is 10.9 Å². The van der Waals surface area contributed by atoms with Gasteiger partial charge in [0.1, 0.15) is 4.83 Å². The third-order valence-corrected chi connectivity index (χ3v) is 3.84. The molecule has 2 heterocycles. The SMILES string of the molecule is COc1ccc(-c2csc3cnc(N)n23)cc1OC. The van der Waals surface area contributed by atoms with E-state index in [0.717, 1.165) is 16.1 Å². The van der Waals surface area contributed by atoms with Crippen molar-refractivity contribution >= 4 is 22.1 Å². The number of hydrogen-bond acceptors (Lipinski definition) is 5. The fourth-order valence-electron chi connectivity index (χ4n) is 2.04. The zero-order valence-corrected chi connectivity index (χ0v) is 11.4. The first-order chi connectivity index (χ1) is 9.24. The summed E-state index contributed by atoms with van der Waals surface area (Å²) in [4.78, 5) is 5.13. The van der Waals surface area contributed by atoms with E-state index in [1.54, 1.807) is 31.8 Å². The van der Waals surface area contributed by atoms with Gasteiger partial charge in [0.05, 0.1) is 26.1 Å². The smallest absolute Gasteiger partial charge is 0.206 e. The second-order valence-electron chi connectivity index (χ2n) is 3.98. The molecule has 0 radical (unpaired) electrons. The zero-order chi connectivity index (χ0) is 13.4. The van der Waals surface area contributed by atoms with Crippen LogP contribution in [0.1, 0.15) is 0 Å². The van der Waals surface area contributed by atoms with Crippen LogP contribution in [-0.4, -0.2) is 23.6 Å². The third-order valence-electron chi connectivity index (χ3n) is 2.97. The fraction of sp³-hybridized carbons (Fsp3) is 0.154. The van der Waals surface area contributed by atoms with Crippen molar-refractivity contribution < 1.29 is 9.47 Å². The van der Waals surface area contributed by atoms with Gasteiger partial charge in [-0.05, 0) is 18.2 Å². The molecule has 6 heteroatoms. The lowest BCUT2D eigenvalue weighted by Crippen LogP contribution is -1.96. The maximum atomic E-state index is 5.89. The predicted molar refractivity (Wildman–Crippen MR) is 76.0 cm³/mol. The van der Waals surface area contributed by atoms with Crippen LogP contribution in [0.25, 0.3) is 16.1 Å². The quantitative estimate of drug-likeness (QED) is 0.798. The summed E-state index contributed by atoms with van der Waals surface area (Å²) >= 11 is 1.60. The van der Waals surface area contributed by atoms with Gasteiger partial charge in [-0.2, -0.15) is 0 Å². The van der Waals surface area contributed by atoms with Crippen molar-refractivity contribution in [3.05, 3.63) is 29.8 Å². The summed E-state index contributed by atoms with van der Waals surface area (Å²) in [6.45, 7) is 0. The Morgan fingerprint density at radius 2 is 2.00 bits per heavy atom. The number of nitrogens with zero attached hydrogens (tertiary/aromatic N) is 2. The Labute approximate surface area is 114 Å². The maximum Gasteiger partial charge on any atom is 0.206 e. The van der Waals surface area contributed by atoms with Crippen molar-refractivity contribution in [1.82, 2.24) is 9.38 Å². The summed E-state index contributed by atoms with van der Waals surface area (Å²) in [6.07, 6.45) is 1.77. The molecule has 0 amide bonds. The van der Waals surface area contributed by atoms with Gasteiger partial charge in [-0.3, -0.25) is 4.40 Å². The second kappa shape index (κ2) is 4.47. The van der Waals surface area contributed by atoms with Crippen LogP contribution in [0.5, 0.6) is 11.5 Å². The first-order valence-electron chi connectivity index (χ1n) is 5.67. The summed E-state index contributed by atoms with van der Waals surface area (Å²) in [5.41, 5.74) is 7.89. The molecule has 2 aromatic heterocycles. The van der Waals surface area contributed by atoms with Gasteiger partial charge in [0.2, 0.25) is 5.95 Å². The van der Waals surface area contributed by atoms with E-state index in [4.69, 9.17) is 15.2 Å². The number of anilines is 1. The number of fused-ring (bicyclic) bond motifs is 1. The Kier molecular flexibility index (Phi) is 2.79. The largest absolute Gasteiger partial charge is 0.493 e. The molecule has 0 aliphatic heterocycles. The van der Waals surface area contributed by atoms with Gasteiger partial charge in [0.15, 0.2) is 11.5 Å². The highest BCUT2D eigenvalue weighted by atomic mass is 32.1. The van der Waals surface area contributed by atoms with Crippen LogP contribution in [0.2, 0.25) is 0 Å². The Balaban J connectivity index is 2.18. The lowest BCUT2D eigenvalue weighted by atomic mass is 10.1. The highest BCUT2D eigenvalue weighted by Crippen LogP contribution is 2.34. The molecule has 0 saturated carbocycles. The molecule has 0 atom stereocenters. The average Bonchev–Trinajstić information content (AvgIpc) is 3.01. The molecule has 98 valence electrons. The number of hydrogen-bond donors (Lipinski definition) is 1. The number of imidazole rings is 1. The van der Waals surface area contributed by atoms with Crippen molar-refractivity contribution in [2.45, 2.75) is 0 Å². The number of benzene rings is 1. The topological polar surface area (TPSA) is 61.8 Å². The summed E-state index contributed by atoms with van der Waals surface area (Å²) in [7, 11) is 3.24. The van der Waals surface area contributed by atoms with Crippen LogP contribution in [-0.2, 0) is 0 Å². The first-order valence-corrected chi connectivity index (χ1v) is 6.55. The van der Waals surface area contributed by atoms with Crippen LogP contribution in [0, 0.1) is 0 Å². The van der Waals surface area contributed by atoms with Crippen molar-refractivity contribution in [1.29, 1.82) is 0 Å². The fourth-order valence-corrected chi connectivity index (χ4v) is 2.92. The number of aromatic nitrogens is 2. The van der Waals surface area contributed by atoms with Crippen molar-refractivity contribution in [2.75, 3.05) is 20.0 Å². The highest BCUT2D eigenvalue weighted by molar-refractivity contribution is 7.16. The molecule has 1 aromatic carbocycles. The van der Waals surface area contributed by atoms with E-state index in [1.165, 1.54) is 0 Å². The van der Waals surface area contributed by atoms with Gasteiger partial charge >= 0.3 is 0 Å². The molecule has 3 rings (SSSR count).